The smallest absolute Gasteiger partial charge is 0.335 e. The van der Waals surface area contributed by atoms with E-state index in [1.54, 1.807) is 30.3 Å². The first kappa shape index (κ1) is 27.3. The third kappa shape index (κ3) is 5.67. The SMILES string of the molecule is O=C(O)c1ccc2c(c1)nc(-c1ccc(OCc3cc(Cl)ccc3-c3ccc(Cl)cc3)cc1F)n2C1CCCCC1. The van der Waals surface area contributed by atoms with Crippen LogP contribution in [0.25, 0.3) is 33.5 Å². The summed E-state index contributed by atoms with van der Waals surface area (Å²) in [6, 6.07) is 23.0. The zero-order valence-electron chi connectivity index (χ0n) is 22.1. The van der Waals surface area contributed by atoms with E-state index in [0.29, 0.717) is 32.7 Å². The van der Waals surface area contributed by atoms with Gasteiger partial charge in [-0.2, -0.15) is 0 Å². The number of ether oxygens (including phenoxy) is 1. The number of carbonyl (C=O) groups is 1. The Morgan fingerprint density at radius 3 is 2.37 bits per heavy atom. The van der Waals surface area contributed by atoms with E-state index >= 15 is 4.39 Å². The quantitative estimate of drug-likeness (QED) is 0.205. The van der Waals surface area contributed by atoms with Crippen molar-refractivity contribution in [1.82, 2.24) is 9.55 Å². The third-order valence-electron chi connectivity index (χ3n) is 7.67. The van der Waals surface area contributed by atoms with Crippen molar-refractivity contribution < 1.29 is 19.0 Å². The molecule has 0 bridgehead atoms. The Kier molecular flexibility index (Phi) is 7.69. The van der Waals surface area contributed by atoms with Crippen molar-refractivity contribution in [3.8, 4) is 28.3 Å². The van der Waals surface area contributed by atoms with Crippen molar-refractivity contribution >= 4 is 40.2 Å². The summed E-state index contributed by atoms with van der Waals surface area (Å²) >= 11 is 12.3. The first-order valence-corrected chi connectivity index (χ1v) is 14.4. The molecule has 41 heavy (non-hydrogen) atoms. The number of aromatic carboxylic acids is 1. The van der Waals surface area contributed by atoms with Crippen LogP contribution in [0.15, 0.2) is 78.9 Å². The maximum Gasteiger partial charge on any atom is 0.335 e. The van der Waals surface area contributed by atoms with E-state index in [9.17, 15) is 9.90 Å². The molecule has 0 radical (unpaired) electrons. The normalized spacial score (nSPS) is 13.9. The number of carboxylic acids is 1. The van der Waals surface area contributed by atoms with Crippen LogP contribution in [0.2, 0.25) is 10.0 Å². The molecule has 1 N–H and O–H groups in total. The van der Waals surface area contributed by atoms with Gasteiger partial charge < -0.3 is 14.4 Å². The molecule has 1 aliphatic carbocycles. The van der Waals surface area contributed by atoms with E-state index in [1.165, 1.54) is 12.5 Å². The number of hydrogen-bond donors (Lipinski definition) is 1. The number of imidazole rings is 1. The molecule has 0 aliphatic heterocycles. The van der Waals surface area contributed by atoms with Crippen molar-refractivity contribution in [2.24, 2.45) is 0 Å². The van der Waals surface area contributed by atoms with Crippen LogP contribution in [0, 0.1) is 5.82 Å². The first-order chi connectivity index (χ1) is 19.9. The van der Waals surface area contributed by atoms with Crippen LogP contribution in [-0.4, -0.2) is 20.6 Å². The first-order valence-electron chi connectivity index (χ1n) is 13.6. The Hall–Kier alpha value is -3.87. The molecule has 0 amide bonds. The summed E-state index contributed by atoms with van der Waals surface area (Å²) < 4.78 is 23.9. The fourth-order valence-electron chi connectivity index (χ4n) is 5.65. The van der Waals surface area contributed by atoms with Crippen molar-refractivity contribution in [3.63, 3.8) is 0 Å². The summed E-state index contributed by atoms with van der Waals surface area (Å²) in [7, 11) is 0. The molecule has 0 spiro atoms. The Morgan fingerprint density at radius 1 is 0.902 bits per heavy atom. The summed E-state index contributed by atoms with van der Waals surface area (Å²) in [5.74, 6) is -0.607. The molecule has 1 aliphatic rings. The summed E-state index contributed by atoms with van der Waals surface area (Å²) in [6.07, 6.45) is 5.30. The predicted molar refractivity (Wildman–Crippen MR) is 160 cm³/mol. The number of aromatic nitrogens is 2. The number of halogens is 3. The fraction of sp³-hybridized carbons (Fsp3) is 0.212. The van der Waals surface area contributed by atoms with Crippen LogP contribution in [0.3, 0.4) is 0 Å². The molecule has 5 aromatic rings. The van der Waals surface area contributed by atoms with E-state index in [4.69, 9.17) is 32.9 Å². The van der Waals surface area contributed by atoms with Crippen molar-refractivity contribution in [3.05, 3.63) is 106 Å². The van der Waals surface area contributed by atoms with E-state index in [0.717, 1.165) is 47.9 Å². The van der Waals surface area contributed by atoms with Crippen LogP contribution in [-0.2, 0) is 6.61 Å². The van der Waals surface area contributed by atoms with Crippen LogP contribution in [0.5, 0.6) is 5.75 Å². The number of carboxylic acid groups (broad SMARTS) is 1. The lowest BCUT2D eigenvalue weighted by Gasteiger charge is -2.25. The Balaban J connectivity index is 1.32. The van der Waals surface area contributed by atoms with Gasteiger partial charge in [-0.1, -0.05) is 60.7 Å². The number of rotatable bonds is 7. The van der Waals surface area contributed by atoms with Crippen molar-refractivity contribution in [2.45, 2.75) is 44.8 Å². The minimum absolute atomic E-state index is 0.153. The van der Waals surface area contributed by atoms with E-state index < -0.39 is 11.8 Å². The molecule has 1 fully saturated rings. The van der Waals surface area contributed by atoms with Gasteiger partial charge >= 0.3 is 5.97 Å². The standard InChI is InChI=1S/C33H27Cl2FN2O3/c34-23-9-6-20(7-10-23)27-13-11-24(35)16-22(27)19-41-26-12-14-28(29(36)18-26)32-37-30-17-21(33(39)40)8-15-31(30)38(32)25-4-2-1-3-5-25/h6-18,25H,1-5,19H2,(H,39,40). The summed E-state index contributed by atoms with van der Waals surface area (Å²) in [6.45, 7) is 0.190. The Labute approximate surface area is 247 Å². The van der Waals surface area contributed by atoms with Gasteiger partial charge in [0, 0.05) is 22.2 Å². The van der Waals surface area contributed by atoms with Gasteiger partial charge in [-0.05, 0) is 84.1 Å². The Morgan fingerprint density at radius 2 is 1.63 bits per heavy atom. The zero-order chi connectivity index (χ0) is 28.5. The van der Waals surface area contributed by atoms with Gasteiger partial charge in [0.1, 0.15) is 24.0 Å². The fourth-order valence-corrected chi connectivity index (χ4v) is 5.97. The van der Waals surface area contributed by atoms with E-state index in [2.05, 4.69) is 4.57 Å². The molecule has 5 nitrogen and oxygen atoms in total. The van der Waals surface area contributed by atoms with Gasteiger partial charge in [0.15, 0.2) is 0 Å². The van der Waals surface area contributed by atoms with Gasteiger partial charge in [0.05, 0.1) is 22.2 Å². The highest BCUT2D eigenvalue weighted by Crippen LogP contribution is 2.38. The van der Waals surface area contributed by atoms with Crippen LogP contribution < -0.4 is 4.74 Å². The maximum absolute atomic E-state index is 15.7. The lowest BCUT2D eigenvalue weighted by atomic mass is 9.94. The predicted octanol–water partition coefficient (Wildman–Crippen LogP) is 9.60. The molecule has 0 atom stereocenters. The Bertz CT molecular complexity index is 1740. The van der Waals surface area contributed by atoms with Gasteiger partial charge in [0.25, 0.3) is 0 Å². The molecule has 1 heterocycles. The van der Waals surface area contributed by atoms with Crippen LogP contribution in [0.4, 0.5) is 4.39 Å². The molecule has 0 saturated heterocycles. The average Bonchev–Trinajstić information content (AvgIpc) is 3.35. The highest BCUT2D eigenvalue weighted by molar-refractivity contribution is 6.31. The second-order valence-corrected chi connectivity index (χ2v) is 11.2. The summed E-state index contributed by atoms with van der Waals surface area (Å²) in [5.41, 5.74) is 4.64. The summed E-state index contributed by atoms with van der Waals surface area (Å²) in [5, 5.41) is 10.7. The molecule has 8 heteroatoms. The van der Waals surface area contributed by atoms with Crippen molar-refractivity contribution in [2.75, 3.05) is 0 Å². The molecule has 0 unspecified atom stereocenters. The lowest BCUT2D eigenvalue weighted by Crippen LogP contribution is -2.14. The second-order valence-electron chi connectivity index (χ2n) is 10.3. The minimum atomic E-state index is -1.02. The monoisotopic (exact) mass is 588 g/mol. The lowest BCUT2D eigenvalue weighted by molar-refractivity contribution is 0.0697. The molecule has 4 aromatic carbocycles. The minimum Gasteiger partial charge on any atom is -0.489 e. The van der Waals surface area contributed by atoms with Gasteiger partial charge in [-0.15, -0.1) is 0 Å². The molecular weight excluding hydrogens is 562 g/mol. The third-order valence-corrected chi connectivity index (χ3v) is 8.16. The zero-order valence-corrected chi connectivity index (χ0v) is 23.6. The molecule has 1 aromatic heterocycles. The van der Waals surface area contributed by atoms with Crippen LogP contribution >= 0.6 is 23.2 Å². The van der Waals surface area contributed by atoms with Gasteiger partial charge in [-0.25, -0.2) is 14.2 Å². The number of nitrogens with zero attached hydrogens (tertiary/aromatic N) is 2. The topological polar surface area (TPSA) is 64.3 Å². The average molecular weight is 589 g/mol. The van der Waals surface area contributed by atoms with Gasteiger partial charge in [0.2, 0.25) is 0 Å². The highest BCUT2D eigenvalue weighted by Gasteiger charge is 2.24. The number of benzene rings is 4. The number of hydrogen-bond acceptors (Lipinski definition) is 3. The summed E-state index contributed by atoms with van der Waals surface area (Å²) in [4.78, 5) is 16.3. The number of fused-ring (bicyclic) bond motifs is 1. The molecule has 1 saturated carbocycles. The molecule has 208 valence electrons. The second kappa shape index (κ2) is 11.6. The van der Waals surface area contributed by atoms with E-state index in [-0.39, 0.29) is 18.2 Å². The highest BCUT2D eigenvalue weighted by atomic mass is 35.5. The molecule has 6 rings (SSSR count). The largest absolute Gasteiger partial charge is 0.489 e. The van der Waals surface area contributed by atoms with Gasteiger partial charge in [-0.3, -0.25) is 0 Å². The maximum atomic E-state index is 15.7. The van der Waals surface area contributed by atoms with E-state index in [1.807, 2.05) is 42.5 Å². The van der Waals surface area contributed by atoms with Crippen LogP contribution in [0.1, 0.15) is 54.1 Å². The molecular formula is C33H27Cl2FN2O3. The van der Waals surface area contributed by atoms with Crippen molar-refractivity contribution in [1.29, 1.82) is 0 Å².